The molecule has 2 aromatic rings. The monoisotopic (exact) mass is 388 g/mol. The summed E-state index contributed by atoms with van der Waals surface area (Å²) in [4.78, 5) is 28.5. The number of nitrogens with zero attached hydrogens (tertiary/aromatic N) is 1. The highest BCUT2D eigenvalue weighted by molar-refractivity contribution is 7.88. The van der Waals surface area contributed by atoms with Gasteiger partial charge in [0, 0.05) is 16.8 Å². The minimum atomic E-state index is -3.22. The number of hydrogen-bond acceptors (Lipinski definition) is 7. The molecule has 8 nitrogen and oxygen atoms in total. The summed E-state index contributed by atoms with van der Waals surface area (Å²) in [5, 5.41) is 4.72. The van der Waals surface area contributed by atoms with Crippen molar-refractivity contribution in [3.63, 3.8) is 0 Å². The third-order valence-electron chi connectivity index (χ3n) is 2.75. The van der Waals surface area contributed by atoms with Gasteiger partial charge in [-0.2, -0.15) is 0 Å². The number of thiophene rings is 1. The molecule has 0 aliphatic carbocycles. The molecular formula is C13H16N4O4S3. The SMILES string of the molecule is CS(=O)(=O)NCCc1ccc(C(=O)Nc2nc(CC(N)=O)cs2)s1. The van der Waals surface area contributed by atoms with Crippen molar-refractivity contribution in [3.05, 3.63) is 33.0 Å². The minimum Gasteiger partial charge on any atom is -0.369 e. The summed E-state index contributed by atoms with van der Waals surface area (Å²) in [5.41, 5.74) is 5.61. The molecular weight excluding hydrogens is 372 g/mol. The van der Waals surface area contributed by atoms with Crippen LogP contribution in [-0.4, -0.2) is 38.0 Å². The second-order valence-corrected chi connectivity index (χ2v) is 8.78. The van der Waals surface area contributed by atoms with Crippen LogP contribution in [0, 0.1) is 0 Å². The maximum atomic E-state index is 12.2. The highest BCUT2D eigenvalue weighted by Crippen LogP contribution is 2.21. The molecule has 0 bridgehead atoms. The van der Waals surface area contributed by atoms with Crippen molar-refractivity contribution >= 4 is 49.6 Å². The summed E-state index contributed by atoms with van der Waals surface area (Å²) >= 11 is 2.50. The van der Waals surface area contributed by atoms with E-state index in [9.17, 15) is 18.0 Å². The molecule has 0 spiro atoms. The molecule has 0 atom stereocenters. The molecule has 0 aromatic carbocycles. The minimum absolute atomic E-state index is 0.0306. The van der Waals surface area contributed by atoms with Gasteiger partial charge in [-0.25, -0.2) is 18.1 Å². The average Bonchev–Trinajstić information content (AvgIpc) is 3.06. The molecule has 24 heavy (non-hydrogen) atoms. The second-order valence-electron chi connectivity index (χ2n) is 4.92. The average molecular weight is 388 g/mol. The molecule has 0 saturated heterocycles. The molecule has 2 amide bonds. The van der Waals surface area contributed by atoms with Gasteiger partial charge in [-0.3, -0.25) is 14.9 Å². The maximum Gasteiger partial charge on any atom is 0.267 e. The van der Waals surface area contributed by atoms with Gasteiger partial charge in [0.1, 0.15) is 0 Å². The first-order chi connectivity index (χ1) is 11.2. The van der Waals surface area contributed by atoms with Crippen LogP contribution in [0.5, 0.6) is 0 Å². The van der Waals surface area contributed by atoms with E-state index in [1.807, 2.05) is 0 Å². The Bertz CT molecular complexity index is 841. The highest BCUT2D eigenvalue weighted by Gasteiger charge is 2.12. The van der Waals surface area contributed by atoms with Crippen LogP contribution in [0.4, 0.5) is 5.13 Å². The van der Waals surface area contributed by atoms with Crippen LogP contribution in [0.25, 0.3) is 0 Å². The Morgan fingerprint density at radius 2 is 2.08 bits per heavy atom. The second kappa shape index (κ2) is 7.83. The number of sulfonamides is 1. The number of thiazole rings is 1. The topological polar surface area (TPSA) is 131 Å². The van der Waals surface area contributed by atoms with Gasteiger partial charge >= 0.3 is 0 Å². The molecule has 0 fully saturated rings. The van der Waals surface area contributed by atoms with Crippen LogP contribution in [0.2, 0.25) is 0 Å². The molecule has 0 unspecified atom stereocenters. The zero-order chi connectivity index (χ0) is 17.7. The molecule has 2 heterocycles. The van der Waals surface area contributed by atoms with Crippen LogP contribution in [0.3, 0.4) is 0 Å². The van der Waals surface area contributed by atoms with Crippen LogP contribution in [0.15, 0.2) is 17.5 Å². The lowest BCUT2D eigenvalue weighted by molar-refractivity contribution is -0.117. The lowest BCUT2D eigenvalue weighted by atomic mass is 10.3. The van der Waals surface area contributed by atoms with Crippen molar-refractivity contribution in [1.82, 2.24) is 9.71 Å². The largest absolute Gasteiger partial charge is 0.369 e. The first kappa shape index (κ1) is 18.5. The Kier molecular flexibility index (Phi) is 6.04. The Labute approximate surface area is 147 Å². The summed E-state index contributed by atoms with van der Waals surface area (Å²) in [6, 6.07) is 3.46. The predicted octanol–water partition coefficient (Wildman–Crippen LogP) is 0.576. The standard InChI is InChI=1S/C13H16N4O4S3/c1-24(20,21)15-5-4-9-2-3-10(23-9)12(19)17-13-16-8(7-22-13)6-11(14)18/h2-3,7,15H,4-6H2,1H3,(H2,14,18)(H,16,17,19). The van der Waals surface area contributed by atoms with Gasteiger partial charge in [-0.1, -0.05) is 0 Å². The van der Waals surface area contributed by atoms with Gasteiger partial charge in [0.15, 0.2) is 5.13 Å². The van der Waals surface area contributed by atoms with Crippen LogP contribution in [0.1, 0.15) is 20.2 Å². The van der Waals surface area contributed by atoms with Crippen molar-refractivity contribution in [1.29, 1.82) is 0 Å². The number of carbonyl (C=O) groups excluding carboxylic acids is 2. The highest BCUT2D eigenvalue weighted by atomic mass is 32.2. The number of hydrogen-bond donors (Lipinski definition) is 3. The number of nitrogens with two attached hydrogens (primary N) is 1. The van der Waals surface area contributed by atoms with Crippen molar-refractivity contribution < 1.29 is 18.0 Å². The number of amides is 2. The molecule has 0 aliphatic rings. The Morgan fingerprint density at radius 1 is 1.33 bits per heavy atom. The number of anilines is 1. The zero-order valence-corrected chi connectivity index (χ0v) is 15.2. The van der Waals surface area contributed by atoms with Gasteiger partial charge in [0.25, 0.3) is 5.91 Å². The fourth-order valence-corrected chi connectivity index (χ4v) is 3.86. The molecule has 0 aliphatic heterocycles. The first-order valence-corrected chi connectivity index (χ1v) is 10.4. The van der Waals surface area contributed by atoms with Crippen molar-refractivity contribution in [2.24, 2.45) is 5.73 Å². The van der Waals surface area contributed by atoms with Gasteiger partial charge in [0.05, 0.1) is 23.2 Å². The van der Waals surface area contributed by atoms with Gasteiger partial charge in [0.2, 0.25) is 15.9 Å². The van der Waals surface area contributed by atoms with E-state index < -0.39 is 15.9 Å². The van der Waals surface area contributed by atoms with E-state index in [2.05, 4.69) is 15.0 Å². The number of nitrogens with one attached hydrogen (secondary N) is 2. The Balaban J connectivity index is 1.91. The molecule has 4 N–H and O–H groups in total. The van der Waals surface area contributed by atoms with E-state index in [1.165, 1.54) is 22.7 Å². The zero-order valence-electron chi connectivity index (χ0n) is 12.7. The lowest BCUT2D eigenvalue weighted by Crippen LogP contribution is -2.24. The summed E-state index contributed by atoms with van der Waals surface area (Å²) in [6.07, 6.45) is 1.63. The van der Waals surface area contributed by atoms with Crippen molar-refractivity contribution in [3.8, 4) is 0 Å². The molecule has 130 valence electrons. The normalized spacial score (nSPS) is 11.4. The first-order valence-electron chi connectivity index (χ1n) is 6.80. The van der Waals surface area contributed by atoms with Crippen molar-refractivity contribution in [2.75, 3.05) is 18.1 Å². The van der Waals surface area contributed by atoms with Gasteiger partial charge in [-0.15, -0.1) is 22.7 Å². The fourth-order valence-electron chi connectivity index (χ4n) is 1.78. The van der Waals surface area contributed by atoms with E-state index >= 15 is 0 Å². The van der Waals surface area contributed by atoms with E-state index in [-0.39, 0.29) is 18.9 Å². The van der Waals surface area contributed by atoms with E-state index in [4.69, 9.17) is 5.73 Å². The number of aromatic nitrogens is 1. The van der Waals surface area contributed by atoms with Crippen LogP contribution >= 0.6 is 22.7 Å². The molecule has 2 aromatic heterocycles. The fraction of sp³-hybridized carbons (Fsp3) is 0.308. The third kappa shape index (κ3) is 6.00. The van der Waals surface area contributed by atoms with E-state index in [0.29, 0.717) is 22.1 Å². The Hall–Kier alpha value is -1.82. The smallest absolute Gasteiger partial charge is 0.267 e. The number of primary amides is 1. The summed E-state index contributed by atoms with van der Waals surface area (Å²) in [6.45, 7) is 0.281. The van der Waals surface area contributed by atoms with Crippen LogP contribution in [-0.2, 0) is 27.7 Å². The Morgan fingerprint density at radius 3 is 2.75 bits per heavy atom. The summed E-state index contributed by atoms with van der Waals surface area (Å²) < 4.78 is 24.4. The third-order valence-corrected chi connectivity index (χ3v) is 5.43. The van der Waals surface area contributed by atoms with Gasteiger partial charge < -0.3 is 5.73 Å². The van der Waals surface area contributed by atoms with E-state index in [0.717, 1.165) is 11.1 Å². The molecule has 2 rings (SSSR count). The molecule has 0 saturated carbocycles. The predicted molar refractivity (Wildman–Crippen MR) is 93.8 cm³/mol. The molecule has 11 heteroatoms. The lowest BCUT2D eigenvalue weighted by Gasteiger charge is -2.00. The van der Waals surface area contributed by atoms with Crippen LogP contribution < -0.4 is 15.8 Å². The summed E-state index contributed by atoms with van der Waals surface area (Å²) in [7, 11) is -3.22. The van der Waals surface area contributed by atoms with E-state index in [1.54, 1.807) is 17.5 Å². The number of rotatable bonds is 8. The van der Waals surface area contributed by atoms with Gasteiger partial charge in [-0.05, 0) is 18.6 Å². The van der Waals surface area contributed by atoms with Crippen molar-refractivity contribution in [2.45, 2.75) is 12.8 Å². The molecule has 0 radical (unpaired) electrons. The number of carbonyl (C=O) groups is 2. The maximum absolute atomic E-state index is 12.2. The quantitative estimate of drug-likeness (QED) is 0.609. The summed E-state index contributed by atoms with van der Waals surface area (Å²) in [5.74, 6) is -0.786.